The van der Waals surface area contributed by atoms with E-state index in [9.17, 15) is 9.59 Å². The van der Waals surface area contributed by atoms with Gasteiger partial charge in [0.25, 0.3) is 11.5 Å². The van der Waals surface area contributed by atoms with E-state index in [2.05, 4.69) is 15.1 Å². The first-order chi connectivity index (χ1) is 10.0. The van der Waals surface area contributed by atoms with Crippen LogP contribution in [0, 0.1) is 0 Å². The zero-order chi connectivity index (χ0) is 15.0. The molecule has 1 aliphatic rings. The highest BCUT2D eigenvalue weighted by Crippen LogP contribution is 2.18. The van der Waals surface area contributed by atoms with Crippen molar-refractivity contribution in [1.82, 2.24) is 24.6 Å². The van der Waals surface area contributed by atoms with Crippen molar-refractivity contribution in [3.63, 3.8) is 0 Å². The maximum Gasteiger partial charge on any atom is 0.274 e. The Morgan fingerprint density at radius 1 is 1.38 bits per heavy atom. The highest BCUT2D eigenvalue weighted by Gasteiger charge is 2.24. The van der Waals surface area contributed by atoms with Gasteiger partial charge in [-0.25, -0.2) is 14.6 Å². The van der Waals surface area contributed by atoms with Crippen molar-refractivity contribution >= 4 is 11.9 Å². The van der Waals surface area contributed by atoms with Gasteiger partial charge in [0.15, 0.2) is 0 Å². The lowest BCUT2D eigenvalue weighted by atomic mass is 10.1. The van der Waals surface area contributed by atoms with Gasteiger partial charge < -0.3 is 10.6 Å². The Morgan fingerprint density at radius 3 is 2.95 bits per heavy atom. The number of hydrogen-bond donors (Lipinski definition) is 1. The molecule has 0 aromatic carbocycles. The average Bonchev–Trinajstić information content (AvgIpc) is 2.48. The summed E-state index contributed by atoms with van der Waals surface area (Å²) >= 11 is 0. The molecule has 2 aromatic heterocycles. The molecule has 1 amide bonds. The van der Waals surface area contributed by atoms with E-state index in [0.717, 1.165) is 15.9 Å². The third-order valence-corrected chi connectivity index (χ3v) is 3.43. The minimum Gasteiger partial charge on any atom is -0.368 e. The molecule has 3 heterocycles. The van der Waals surface area contributed by atoms with Gasteiger partial charge in [-0.2, -0.15) is 5.10 Å². The molecular formula is C13H14N6O2. The number of fused-ring (bicyclic) bond motifs is 1. The molecule has 0 saturated heterocycles. The topological polar surface area (TPSA) is 107 Å². The van der Waals surface area contributed by atoms with Gasteiger partial charge in [0.1, 0.15) is 5.69 Å². The fourth-order valence-corrected chi connectivity index (χ4v) is 2.27. The van der Waals surface area contributed by atoms with Crippen LogP contribution in [0.15, 0.2) is 23.1 Å². The van der Waals surface area contributed by atoms with Gasteiger partial charge in [-0.1, -0.05) is 0 Å². The quantitative estimate of drug-likeness (QED) is 0.746. The predicted octanol–water partition coefficient (Wildman–Crippen LogP) is -0.649. The van der Waals surface area contributed by atoms with E-state index < -0.39 is 0 Å². The molecule has 21 heavy (non-hydrogen) atoms. The number of amides is 1. The van der Waals surface area contributed by atoms with Crippen LogP contribution in [0.4, 0.5) is 5.95 Å². The predicted molar refractivity (Wildman–Crippen MR) is 74.4 cm³/mol. The summed E-state index contributed by atoms with van der Waals surface area (Å²) in [5.41, 5.74) is 7.32. The molecule has 1 aliphatic heterocycles. The molecule has 0 aliphatic carbocycles. The molecule has 8 heteroatoms. The lowest BCUT2D eigenvalue weighted by molar-refractivity contribution is 0.0723. The van der Waals surface area contributed by atoms with Crippen LogP contribution in [0.1, 0.15) is 21.7 Å². The SMILES string of the molecule is Cn1nc(C(=O)N2CCc3cnc(N)nc3C2)ccc1=O. The summed E-state index contributed by atoms with van der Waals surface area (Å²) in [6.45, 7) is 0.926. The van der Waals surface area contributed by atoms with Crippen molar-refractivity contribution in [2.75, 3.05) is 12.3 Å². The fourth-order valence-electron chi connectivity index (χ4n) is 2.27. The maximum atomic E-state index is 12.4. The second-order valence-corrected chi connectivity index (χ2v) is 4.86. The summed E-state index contributed by atoms with van der Waals surface area (Å²) in [5, 5.41) is 3.98. The summed E-state index contributed by atoms with van der Waals surface area (Å²) in [6, 6.07) is 2.77. The van der Waals surface area contributed by atoms with Crippen molar-refractivity contribution in [2.24, 2.45) is 7.05 Å². The van der Waals surface area contributed by atoms with E-state index in [1.54, 1.807) is 11.1 Å². The average molecular weight is 286 g/mol. The van der Waals surface area contributed by atoms with Gasteiger partial charge >= 0.3 is 0 Å². The van der Waals surface area contributed by atoms with Crippen molar-refractivity contribution in [1.29, 1.82) is 0 Å². The zero-order valence-corrected chi connectivity index (χ0v) is 11.5. The Morgan fingerprint density at radius 2 is 2.19 bits per heavy atom. The third-order valence-electron chi connectivity index (χ3n) is 3.43. The number of anilines is 1. The Bertz CT molecular complexity index is 769. The summed E-state index contributed by atoms with van der Waals surface area (Å²) in [7, 11) is 1.51. The summed E-state index contributed by atoms with van der Waals surface area (Å²) in [4.78, 5) is 33.5. The highest BCUT2D eigenvalue weighted by atomic mass is 16.2. The van der Waals surface area contributed by atoms with E-state index in [-0.39, 0.29) is 23.1 Å². The first kappa shape index (κ1) is 13.2. The van der Waals surface area contributed by atoms with Crippen LogP contribution < -0.4 is 11.3 Å². The third kappa shape index (κ3) is 2.47. The van der Waals surface area contributed by atoms with Gasteiger partial charge in [0.05, 0.1) is 12.2 Å². The number of nitrogen functional groups attached to an aromatic ring is 1. The normalized spacial score (nSPS) is 13.9. The van der Waals surface area contributed by atoms with E-state index in [1.165, 1.54) is 19.2 Å². The molecule has 108 valence electrons. The fraction of sp³-hybridized carbons (Fsp3) is 0.308. The summed E-state index contributed by atoms with van der Waals surface area (Å²) in [6.07, 6.45) is 2.37. The van der Waals surface area contributed by atoms with Crippen LogP contribution in [0.2, 0.25) is 0 Å². The van der Waals surface area contributed by atoms with E-state index in [4.69, 9.17) is 5.73 Å². The molecule has 2 N–H and O–H groups in total. The number of rotatable bonds is 1. The molecule has 0 atom stereocenters. The summed E-state index contributed by atoms with van der Waals surface area (Å²) in [5.74, 6) is -0.0308. The maximum absolute atomic E-state index is 12.4. The number of carbonyl (C=O) groups is 1. The second kappa shape index (κ2) is 4.97. The monoisotopic (exact) mass is 286 g/mol. The number of nitrogens with two attached hydrogens (primary N) is 1. The van der Waals surface area contributed by atoms with Crippen molar-refractivity contribution in [3.8, 4) is 0 Å². The molecule has 0 bridgehead atoms. The minimum absolute atomic E-state index is 0.197. The molecule has 0 spiro atoms. The molecular weight excluding hydrogens is 272 g/mol. The van der Waals surface area contributed by atoms with Gasteiger partial charge in [0.2, 0.25) is 5.95 Å². The molecule has 2 aromatic rings. The number of nitrogens with zero attached hydrogens (tertiary/aromatic N) is 5. The van der Waals surface area contributed by atoms with Crippen LogP contribution in [0.5, 0.6) is 0 Å². The largest absolute Gasteiger partial charge is 0.368 e. The molecule has 3 rings (SSSR count). The standard InChI is InChI=1S/C13H14N6O2/c1-18-11(20)3-2-9(17-18)12(21)19-5-4-8-6-15-13(14)16-10(8)7-19/h2-3,6H,4-5,7H2,1H3,(H2,14,15,16). The van der Waals surface area contributed by atoms with Crippen molar-refractivity contribution in [3.05, 3.63) is 45.6 Å². The number of aryl methyl sites for hydroxylation is 1. The lowest BCUT2D eigenvalue weighted by Gasteiger charge is -2.27. The molecule has 0 saturated carbocycles. The molecule has 0 fully saturated rings. The van der Waals surface area contributed by atoms with E-state index in [1.807, 2.05) is 0 Å². The molecule has 8 nitrogen and oxygen atoms in total. The summed E-state index contributed by atoms with van der Waals surface area (Å²) < 4.78 is 1.14. The molecule has 0 radical (unpaired) electrons. The van der Waals surface area contributed by atoms with E-state index in [0.29, 0.717) is 19.5 Å². The van der Waals surface area contributed by atoms with Crippen LogP contribution in [0.3, 0.4) is 0 Å². The van der Waals surface area contributed by atoms with Crippen molar-refractivity contribution in [2.45, 2.75) is 13.0 Å². The Labute approximate surface area is 120 Å². The Hall–Kier alpha value is -2.77. The minimum atomic E-state index is -0.254. The Balaban J connectivity index is 1.86. The van der Waals surface area contributed by atoms with Crippen LogP contribution >= 0.6 is 0 Å². The first-order valence-corrected chi connectivity index (χ1v) is 6.48. The van der Waals surface area contributed by atoms with Crippen LogP contribution in [0.25, 0.3) is 0 Å². The zero-order valence-electron chi connectivity index (χ0n) is 11.5. The first-order valence-electron chi connectivity index (χ1n) is 6.48. The van der Waals surface area contributed by atoms with Gasteiger partial charge in [-0.05, 0) is 18.1 Å². The lowest BCUT2D eigenvalue weighted by Crippen LogP contribution is -2.38. The number of hydrogen-bond acceptors (Lipinski definition) is 6. The molecule has 0 unspecified atom stereocenters. The second-order valence-electron chi connectivity index (χ2n) is 4.86. The van der Waals surface area contributed by atoms with Crippen molar-refractivity contribution < 1.29 is 4.79 Å². The van der Waals surface area contributed by atoms with Gasteiger partial charge in [-0.3, -0.25) is 9.59 Å². The Kier molecular flexibility index (Phi) is 3.13. The van der Waals surface area contributed by atoms with Crippen LogP contribution in [-0.2, 0) is 20.0 Å². The smallest absolute Gasteiger partial charge is 0.274 e. The van der Waals surface area contributed by atoms with Gasteiger partial charge in [-0.15, -0.1) is 0 Å². The number of aromatic nitrogens is 4. The highest BCUT2D eigenvalue weighted by molar-refractivity contribution is 5.92. The number of carbonyl (C=O) groups excluding carboxylic acids is 1. The van der Waals surface area contributed by atoms with Crippen LogP contribution in [-0.4, -0.2) is 37.1 Å². The van der Waals surface area contributed by atoms with E-state index >= 15 is 0 Å². The van der Waals surface area contributed by atoms with Gasteiger partial charge in [0, 0.05) is 25.9 Å².